The Morgan fingerprint density at radius 3 is 2.75 bits per heavy atom. The van der Waals surface area contributed by atoms with Gasteiger partial charge in [0.15, 0.2) is 5.82 Å². The third-order valence-corrected chi connectivity index (χ3v) is 5.68. The first-order valence-electron chi connectivity index (χ1n) is 10.3. The molecule has 32 heavy (non-hydrogen) atoms. The number of carbonyl (C=O) groups is 1. The van der Waals surface area contributed by atoms with E-state index in [1.165, 1.54) is 12.3 Å². The van der Waals surface area contributed by atoms with E-state index in [9.17, 15) is 9.18 Å². The standard InChI is InChI=1S/C21H23FN8O.CH4/c1-12-17-19(29(2)18(15-4-5-15)20(31)27-17)28-21(26-12)24-8-14-9-25-30(11-14)10-13-3-6-16(22)23-7-13;/h3,6-7,9,11,15,18H,4-5,8,10H2,1-2H3,(H,27,31)(H,24,26,28);1H4/t18-;/m1./s1. The van der Waals surface area contributed by atoms with Gasteiger partial charge in [-0.1, -0.05) is 13.5 Å². The van der Waals surface area contributed by atoms with Crippen LogP contribution < -0.4 is 15.5 Å². The third-order valence-electron chi connectivity index (χ3n) is 5.68. The van der Waals surface area contributed by atoms with Crippen LogP contribution in [0.5, 0.6) is 0 Å². The lowest BCUT2D eigenvalue weighted by Crippen LogP contribution is -2.48. The smallest absolute Gasteiger partial charge is 0.247 e. The highest BCUT2D eigenvalue weighted by molar-refractivity contribution is 6.03. The zero-order valence-corrected chi connectivity index (χ0v) is 17.3. The van der Waals surface area contributed by atoms with Gasteiger partial charge in [0.1, 0.15) is 11.7 Å². The third kappa shape index (κ3) is 4.25. The topological polar surface area (TPSA) is 101 Å². The van der Waals surface area contributed by atoms with E-state index in [4.69, 9.17) is 0 Å². The average Bonchev–Trinajstić information content (AvgIpc) is 3.47. The molecule has 1 saturated carbocycles. The van der Waals surface area contributed by atoms with Gasteiger partial charge in [-0.25, -0.2) is 9.97 Å². The maximum atomic E-state index is 13.0. The second kappa shape index (κ2) is 8.52. The molecule has 2 aliphatic rings. The summed E-state index contributed by atoms with van der Waals surface area (Å²) in [4.78, 5) is 27.3. The molecule has 1 fully saturated rings. The largest absolute Gasteiger partial charge is 0.350 e. The number of fused-ring (bicyclic) bond motifs is 1. The number of nitrogens with zero attached hydrogens (tertiary/aromatic N) is 6. The van der Waals surface area contributed by atoms with Gasteiger partial charge in [-0.2, -0.15) is 14.5 Å². The van der Waals surface area contributed by atoms with Crippen molar-refractivity contribution in [2.75, 3.05) is 22.6 Å². The van der Waals surface area contributed by atoms with Crippen LogP contribution in [-0.2, 0) is 17.9 Å². The molecule has 10 heteroatoms. The second-order valence-corrected chi connectivity index (χ2v) is 8.10. The fourth-order valence-electron chi connectivity index (χ4n) is 3.94. The van der Waals surface area contributed by atoms with Crippen LogP contribution in [0.15, 0.2) is 30.7 Å². The molecule has 0 radical (unpaired) electrons. The fraction of sp³-hybridized carbons (Fsp3) is 0.409. The molecule has 3 aromatic heterocycles. The first-order chi connectivity index (χ1) is 15.0. The maximum Gasteiger partial charge on any atom is 0.247 e. The highest BCUT2D eigenvalue weighted by Gasteiger charge is 2.43. The van der Waals surface area contributed by atoms with Crippen molar-refractivity contribution >= 4 is 23.4 Å². The number of likely N-dealkylation sites (N-methyl/N-ethyl adjacent to an activating group) is 1. The minimum atomic E-state index is -0.497. The highest BCUT2D eigenvalue weighted by Crippen LogP contribution is 2.41. The van der Waals surface area contributed by atoms with Gasteiger partial charge in [0.2, 0.25) is 17.8 Å². The molecule has 0 unspecified atom stereocenters. The van der Waals surface area contributed by atoms with Crippen LogP contribution in [0.1, 0.15) is 37.1 Å². The predicted molar refractivity (Wildman–Crippen MR) is 120 cm³/mol. The van der Waals surface area contributed by atoms with E-state index in [-0.39, 0.29) is 19.4 Å². The molecular formula is C22H27FN8O. The molecule has 0 spiro atoms. The van der Waals surface area contributed by atoms with Crippen LogP contribution in [0.2, 0.25) is 0 Å². The minimum absolute atomic E-state index is 0. The number of anilines is 3. The molecule has 1 amide bonds. The van der Waals surface area contributed by atoms with Crippen molar-refractivity contribution in [3.8, 4) is 0 Å². The zero-order chi connectivity index (χ0) is 21.5. The molecule has 2 N–H and O–H groups in total. The van der Waals surface area contributed by atoms with Crippen LogP contribution in [-0.4, -0.2) is 43.7 Å². The first-order valence-corrected chi connectivity index (χ1v) is 10.3. The maximum absolute atomic E-state index is 13.0. The summed E-state index contributed by atoms with van der Waals surface area (Å²) in [7, 11) is 1.92. The van der Waals surface area contributed by atoms with Gasteiger partial charge in [-0.15, -0.1) is 0 Å². The summed E-state index contributed by atoms with van der Waals surface area (Å²) in [6, 6.07) is 2.86. The Morgan fingerprint density at radius 2 is 2.03 bits per heavy atom. The second-order valence-electron chi connectivity index (χ2n) is 8.10. The number of rotatable bonds is 6. The number of hydrogen-bond donors (Lipinski definition) is 2. The van der Waals surface area contributed by atoms with Crippen molar-refractivity contribution in [1.82, 2.24) is 24.7 Å². The van der Waals surface area contributed by atoms with Crippen molar-refractivity contribution in [2.24, 2.45) is 5.92 Å². The van der Waals surface area contributed by atoms with Gasteiger partial charge in [0, 0.05) is 31.5 Å². The number of nitrogens with one attached hydrogen (secondary N) is 2. The molecule has 4 heterocycles. The van der Waals surface area contributed by atoms with Gasteiger partial charge < -0.3 is 15.5 Å². The summed E-state index contributed by atoms with van der Waals surface area (Å²) in [5.41, 5.74) is 3.23. The number of halogens is 1. The summed E-state index contributed by atoms with van der Waals surface area (Å²) in [6.07, 6.45) is 7.33. The van der Waals surface area contributed by atoms with E-state index in [0.717, 1.165) is 35.5 Å². The lowest BCUT2D eigenvalue weighted by atomic mass is 10.1. The Morgan fingerprint density at radius 1 is 1.22 bits per heavy atom. The van der Waals surface area contributed by atoms with Crippen molar-refractivity contribution < 1.29 is 9.18 Å². The van der Waals surface area contributed by atoms with E-state index in [2.05, 4.69) is 30.7 Å². The normalized spacial score (nSPS) is 17.4. The van der Waals surface area contributed by atoms with E-state index in [1.807, 2.05) is 25.1 Å². The summed E-state index contributed by atoms with van der Waals surface area (Å²) >= 11 is 0. The zero-order valence-electron chi connectivity index (χ0n) is 17.3. The van der Waals surface area contributed by atoms with Crippen molar-refractivity contribution in [3.63, 3.8) is 0 Å². The van der Waals surface area contributed by atoms with Crippen LogP contribution >= 0.6 is 0 Å². The summed E-state index contributed by atoms with van der Waals surface area (Å²) < 4.78 is 14.7. The molecule has 9 nitrogen and oxygen atoms in total. The van der Waals surface area contributed by atoms with Crippen molar-refractivity contribution in [1.29, 1.82) is 0 Å². The van der Waals surface area contributed by atoms with Crippen LogP contribution in [0.25, 0.3) is 0 Å². The molecule has 1 atom stereocenters. The van der Waals surface area contributed by atoms with E-state index >= 15 is 0 Å². The number of pyridine rings is 1. The Kier molecular flexibility index (Phi) is 5.77. The summed E-state index contributed by atoms with van der Waals surface area (Å²) in [5.74, 6) is 1.17. The van der Waals surface area contributed by atoms with Crippen molar-refractivity contribution in [3.05, 3.63) is 53.5 Å². The lowest BCUT2D eigenvalue weighted by molar-refractivity contribution is -0.118. The molecule has 3 aromatic rings. The minimum Gasteiger partial charge on any atom is -0.350 e. The Labute approximate surface area is 186 Å². The van der Waals surface area contributed by atoms with Crippen LogP contribution in [0.3, 0.4) is 0 Å². The molecule has 5 rings (SSSR count). The van der Waals surface area contributed by atoms with E-state index in [1.54, 1.807) is 16.9 Å². The molecule has 0 saturated heterocycles. The lowest BCUT2D eigenvalue weighted by Gasteiger charge is -2.35. The number of aryl methyl sites for hydroxylation is 1. The summed E-state index contributed by atoms with van der Waals surface area (Å²) in [5, 5.41) is 10.6. The Hall–Kier alpha value is -3.56. The van der Waals surface area contributed by atoms with Crippen molar-refractivity contribution in [2.45, 2.75) is 46.3 Å². The predicted octanol–water partition coefficient (Wildman–Crippen LogP) is 2.98. The first kappa shape index (κ1) is 21.7. The average molecular weight is 439 g/mol. The molecule has 1 aliphatic heterocycles. The van der Waals surface area contributed by atoms with Gasteiger partial charge >= 0.3 is 0 Å². The number of aromatic nitrogens is 5. The molecule has 0 aromatic carbocycles. The molecule has 0 bridgehead atoms. The SMILES string of the molecule is C.Cc1nc(NCc2cnn(Cc3ccc(F)nc3)c2)nc2c1NC(=O)[C@@H](C1CC1)N2C. The Bertz CT molecular complexity index is 1130. The summed E-state index contributed by atoms with van der Waals surface area (Å²) in [6.45, 7) is 2.88. The van der Waals surface area contributed by atoms with Crippen LogP contribution in [0, 0.1) is 18.8 Å². The Balaban J connectivity index is 0.00000245. The highest BCUT2D eigenvalue weighted by atomic mass is 19.1. The van der Waals surface area contributed by atoms with E-state index in [0.29, 0.717) is 30.6 Å². The van der Waals surface area contributed by atoms with E-state index < -0.39 is 5.95 Å². The van der Waals surface area contributed by atoms with Gasteiger partial charge in [-0.3, -0.25) is 9.48 Å². The monoisotopic (exact) mass is 438 g/mol. The quantitative estimate of drug-likeness (QED) is 0.571. The van der Waals surface area contributed by atoms with Gasteiger partial charge in [0.25, 0.3) is 0 Å². The fourth-order valence-corrected chi connectivity index (χ4v) is 3.94. The van der Waals surface area contributed by atoms with Crippen LogP contribution in [0.4, 0.5) is 21.8 Å². The number of hydrogen-bond acceptors (Lipinski definition) is 7. The van der Waals surface area contributed by atoms with Gasteiger partial charge in [0.05, 0.1) is 18.4 Å². The van der Waals surface area contributed by atoms with Gasteiger partial charge in [-0.05, 0) is 37.3 Å². The number of amides is 1. The molecule has 168 valence electrons. The molecular weight excluding hydrogens is 411 g/mol. The molecule has 1 aliphatic carbocycles. The number of carbonyl (C=O) groups excluding carboxylic acids is 1.